The van der Waals surface area contributed by atoms with E-state index in [2.05, 4.69) is 22.1 Å². The molecule has 22 heavy (non-hydrogen) atoms. The molecule has 1 aliphatic rings. The van der Waals surface area contributed by atoms with Crippen LogP contribution in [0.2, 0.25) is 5.02 Å². The summed E-state index contributed by atoms with van der Waals surface area (Å²) in [7, 11) is 0. The van der Waals surface area contributed by atoms with Crippen LogP contribution in [0.3, 0.4) is 0 Å². The van der Waals surface area contributed by atoms with Crippen LogP contribution in [0.1, 0.15) is 30.0 Å². The lowest BCUT2D eigenvalue weighted by Gasteiger charge is -2.32. The van der Waals surface area contributed by atoms with E-state index in [1.54, 1.807) is 0 Å². The van der Waals surface area contributed by atoms with E-state index >= 15 is 0 Å². The summed E-state index contributed by atoms with van der Waals surface area (Å²) in [6.07, 6.45) is 4.09. The molecule has 0 radical (unpaired) electrons. The van der Waals surface area contributed by atoms with Gasteiger partial charge >= 0.3 is 0 Å². The highest BCUT2D eigenvalue weighted by molar-refractivity contribution is 6.31. The van der Waals surface area contributed by atoms with Gasteiger partial charge in [0.1, 0.15) is 0 Å². The lowest BCUT2D eigenvalue weighted by molar-refractivity contribution is 0.199. The maximum absolute atomic E-state index is 9.11. The summed E-state index contributed by atoms with van der Waals surface area (Å²) in [6, 6.07) is 10.2. The summed E-state index contributed by atoms with van der Waals surface area (Å²) < 4.78 is 1.94. The van der Waals surface area contributed by atoms with Crippen LogP contribution in [0.25, 0.3) is 0 Å². The van der Waals surface area contributed by atoms with Crippen molar-refractivity contribution in [1.29, 1.82) is 0 Å². The van der Waals surface area contributed by atoms with Crippen molar-refractivity contribution in [2.45, 2.75) is 31.8 Å². The van der Waals surface area contributed by atoms with Crippen molar-refractivity contribution < 1.29 is 5.11 Å². The van der Waals surface area contributed by atoms with Gasteiger partial charge in [-0.05, 0) is 43.6 Å². The number of aliphatic hydroxyl groups excluding tert-OH is 1. The number of nitrogens with zero attached hydrogens (tertiary/aromatic N) is 3. The van der Waals surface area contributed by atoms with Gasteiger partial charge in [0.25, 0.3) is 0 Å². The molecular weight excluding hydrogens is 298 g/mol. The fourth-order valence-electron chi connectivity index (χ4n) is 3.23. The first-order valence-electron chi connectivity index (χ1n) is 7.86. The van der Waals surface area contributed by atoms with Crippen LogP contribution in [0.4, 0.5) is 0 Å². The summed E-state index contributed by atoms with van der Waals surface area (Å²) >= 11 is 6.25. The van der Waals surface area contributed by atoms with Gasteiger partial charge in [0.15, 0.2) is 0 Å². The highest BCUT2D eigenvalue weighted by Crippen LogP contribution is 2.29. The van der Waals surface area contributed by atoms with Crippen molar-refractivity contribution in [2.24, 2.45) is 0 Å². The van der Waals surface area contributed by atoms with Gasteiger partial charge in [-0.3, -0.25) is 9.58 Å². The third-order valence-electron chi connectivity index (χ3n) is 4.42. The fraction of sp³-hybridized carbons (Fsp3) is 0.471. The van der Waals surface area contributed by atoms with E-state index in [0.29, 0.717) is 12.5 Å². The van der Waals surface area contributed by atoms with Crippen LogP contribution >= 0.6 is 11.6 Å². The molecule has 0 saturated carbocycles. The van der Waals surface area contributed by atoms with Crippen LogP contribution in [0, 0.1) is 0 Å². The van der Waals surface area contributed by atoms with E-state index in [0.717, 1.165) is 37.5 Å². The van der Waals surface area contributed by atoms with Gasteiger partial charge in [-0.15, -0.1) is 0 Å². The summed E-state index contributed by atoms with van der Waals surface area (Å²) in [5.41, 5.74) is 2.46. The number of hydrogen-bond donors (Lipinski definition) is 1. The topological polar surface area (TPSA) is 41.3 Å². The summed E-state index contributed by atoms with van der Waals surface area (Å²) in [4.78, 5) is 2.46. The van der Waals surface area contributed by atoms with Crippen LogP contribution in [-0.2, 0) is 13.1 Å². The van der Waals surface area contributed by atoms with Crippen molar-refractivity contribution in [1.82, 2.24) is 14.7 Å². The first-order valence-corrected chi connectivity index (χ1v) is 8.24. The zero-order valence-electron chi connectivity index (χ0n) is 12.7. The summed E-state index contributed by atoms with van der Waals surface area (Å²) in [5.74, 6) is 0.538. The number of likely N-dealkylation sites (tertiary alicyclic amines) is 1. The molecule has 1 saturated heterocycles. The second kappa shape index (κ2) is 7.27. The van der Waals surface area contributed by atoms with Crippen LogP contribution in [0.5, 0.6) is 0 Å². The molecule has 0 unspecified atom stereocenters. The second-order valence-corrected chi connectivity index (χ2v) is 6.25. The minimum absolute atomic E-state index is 0.139. The lowest BCUT2D eigenvalue weighted by atomic mass is 9.93. The van der Waals surface area contributed by atoms with Gasteiger partial charge in [0.2, 0.25) is 0 Å². The smallest absolute Gasteiger partial charge is 0.0644 e. The average Bonchev–Trinajstić information content (AvgIpc) is 2.99. The number of rotatable bonds is 5. The molecule has 118 valence electrons. The van der Waals surface area contributed by atoms with Gasteiger partial charge in [-0.2, -0.15) is 5.10 Å². The van der Waals surface area contributed by atoms with Crippen molar-refractivity contribution >= 4 is 11.6 Å². The maximum atomic E-state index is 9.11. The minimum Gasteiger partial charge on any atom is -0.394 e. The molecule has 1 N–H and O–H groups in total. The molecule has 0 bridgehead atoms. The SMILES string of the molecule is OCCn1nccc1C1CCN(Cc2ccccc2Cl)CC1. The Morgan fingerprint density at radius 3 is 2.68 bits per heavy atom. The van der Waals surface area contributed by atoms with Gasteiger partial charge in [0, 0.05) is 29.4 Å². The van der Waals surface area contributed by atoms with Crippen molar-refractivity contribution in [3.8, 4) is 0 Å². The molecule has 2 heterocycles. The van der Waals surface area contributed by atoms with Crippen LogP contribution in [-0.4, -0.2) is 39.5 Å². The molecule has 4 nitrogen and oxygen atoms in total. The number of benzene rings is 1. The number of hydrogen-bond acceptors (Lipinski definition) is 3. The molecule has 0 amide bonds. The predicted octanol–water partition coefficient (Wildman–Crippen LogP) is 2.91. The number of aromatic nitrogens is 2. The number of aliphatic hydroxyl groups is 1. The highest BCUT2D eigenvalue weighted by atomic mass is 35.5. The van der Waals surface area contributed by atoms with E-state index in [9.17, 15) is 0 Å². The monoisotopic (exact) mass is 319 g/mol. The Hall–Kier alpha value is -1.36. The fourth-order valence-corrected chi connectivity index (χ4v) is 3.42. The molecular formula is C17H22ClN3O. The highest BCUT2D eigenvalue weighted by Gasteiger charge is 2.23. The van der Waals surface area contributed by atoms with E-state index in [4.69, 9.17) is 16.7 Å². The van der Waals surface area contributed by atoms with Gasteiger partial charge in [0.05, 0.1) is 13.2 Å². The van der Waals surface area contributed by atoms with E-state index in [-0.39, 0.29) is 6.61 Å². The Bertz CT molecular complexity index is 605. The van der Waals surface area contributed by atoms with Crippen molar-refractivity contribution in [3.63, 3.8) is 0 Å². The number of piperidine rings is 1. The molecule has 1 aliphatic heterocycles. The van der Waals surface area contributed by atoms with Gasteiger partial charge in [-0.25, -0.2) is 0 Å². The standard InChI is InChI=1S/C17H22ClN3O/c18-16-4-2-1-3-15(16)13-20-9-6-14(7-10-20)17-5-8-19-21(17)11-12-22/h1-5,8,14,22H,6-7,9-13H2. The Morgan fingerprint density at radius 1 is 1.18 bits per heavy atom. The molecule has 1 fully saturated rings. The second-order valence-electron chi connectivity index (χ2n) is 5.84. The Kier molecular flexibility index (Phi) is 5.13. The maximum Gasteiger partial charge on any atom is 0.0644 e. The summed E-state index contributed by atoms with van der Waals surface area (Å²) in [5, 5.41) is 14.3. The minimum atomic E-state index is 0.139. The van der Waals surface area contributed by atoms with Gasteiger partial charge in [-0.1, -0.05) is 29.8 Å². The largest absolute Gasteiger partial charge is 0.394 e. The first kappa shape index (κ1) is 15.5. The molecule has 2 aromatic rings. The molecule has 0 atom stereocenters. The normalized spacial score (nSPS) is 17.0. The van der Waals surface area contributed by atoms with Crippen LogP contribution in [0.15, 0.2) is 36.5 Å². The van der Waals surface area contributed by atoms with Crippen molar-refractivity contribution in [3.05, 3.63) is 52.8 Å². The lowest BCUT2D eigenvalue weighted by Crippen LogP contribution is -2.33. The molecule has 1 aromatic heterocycles. The average molecular weight is 320 g/mol. The Labute approximate surface area is 136 Å². The quantitative estimate of drug-likeness (QED) is 0.921. The zero-order chi connectivity index (χ0) is 15.4. The van der Waals surface area contributed by atoms with Gasteiger partial charge < -0.3 is 5.11 Å². The molecule has 3 rings (SSSR count). The third kappa shape index (κ3) is 3.51. The third-order valence-corrected chi connectivity index (χ3v) is 4.79. The predicted molar refractivity (Wildman–Crippen MR) is 88.0 cm³/mol. The summed E-state index contributed by atoms with van der Waals surface area (Å²) in [6.45, 7) is 3.78. The molecule has 1 aromatic carbocycles. The van der Waals surface area contributed by atoms with E-state index in [1.807, 2.05) is 29.1 Å². The van der Waals surface area contributed by atoms with Crippen molar-refractivity contribution in [2.75, 3.05) is 19.7 Å². The molecule has 0 aliphatic carbocycles. The molecule has 5 heteroatoms. The van der Waals surface area contributed by atoms with E-state index in [1.165, 1.54) is 11.3 Å². The van der Waals surface area contributed by atoms with Crippen LogP contribution < -0.4 is 0 Å². The molecule has 0 spiro atoms. The zero-order valence-corrected chi connectivity index (χ0v) is 13.4. The first-order chi connectivity index (χ1) is 10.8. The van der Waals surface area contributed by atoms with E-state index < -0.39 is 0 Å². The number of halogens is 1. The Balaban J connectivity index is 1.58. The Morgan fingerprint density at radius 2 is 1.95 bits per heavy atom.